The van der Waals surface area contributed by atoms with Gasteiger partial charge in [-0.15, -0.1) is 0 Å². The number of hydrogen-bond acceptors (Lipinski definition) is 4. The summed E-state index contributed by atoms with van der Waals surface area (Å²) < 4.78 is 5.38. The molecular formula is C13H27N3O. The maximum atomic E-state index is 6.02. The molecule has 4 nitrogen and oxygen atoms in total. The molecule has 0 spiro atoms. The molecule has 0 aromatic heterocycles. The van der Waals surface area contributed by atoms with Crippen molar-refractivity contribution in [2.45, 2.75) is 45.1 Å². The SMILES string of the molecule is CC1(C)CCC(CN)(NN2CCOCC2)CC1. The molecule has 0 aromatic rings. The third-order valence-electron chi connectivity index (χ3n) is 4.36. The first-order valence-electron chi connectivity index (χ1n) is 6.86. The number of ether oxygens (including phenoxy) is 1. The molecule has 17 heavy (non-hydrogen) atoms. The van der Waals surface area contributed by atoms with Crippen molar-refractivity contribution in [1.29, 1.82) is 0 Å². The number of morpholine rings is 1. The molecule has 0 aromatic carbocycles. The van der Waals surface area contributed by atoms with Crippen LogP contribution in [0, 0.1) is 5.41 Å². The van der Waals surface area contributed by atoms with Crippen molar-refractivity contribution in [3.8, 4) is 0 Å². The van der Waals surface area contributed by atoms with Gasteiger partial charge in [0.2, 0.25) is 0 Å². The van der Waals surface area contributed by atoms with E-state index in [0.29, 0.717) is 5.41 Å². The van der Waals surface area contributed by atoms with E-state index in [-0.39, 0.29) is 5.54 Å². The summed E-state index contributed by atoms with van der Waals surface area (Å²) in [5, 5.41) is 2.30. The third-order valence-corrected chi connectivity index (χ3v) is 4.36. The minimum atomic E-state index is 0.132. The van der Waals surface area contributed by atoms with Crippen molar-refractivity contribution in [3.63, 3.8) is 0 Å². The lowest BCUT2D eigenvalue weighted by atomic mass is 9.69. The Morgan fingerprint density at radius 1 is 1.12 bits per heavy atom. The van der Waals surface area contributed by atoms with Crippen molar-refractivity contribution in [3.05, 3.63) is 0 Å². The summed E-state index contributed by atoms with van der Waals surface area (Å²) in [7, 11) is 0. The predicted octanol–water partition coefficient (Wildman–Crippen LogP) is 1.12. The van der Waals surface area contributed by atoms with Gasteiger partial charge in [0.1, 0.15) is 0 Å². The number of nitrogens with one attached hydrogen (secondary N) is 1. The maximum absolute atomic E-state index is 6.02. The van der Waals surface area contributed by atoms with E-state index in [4.69, 9.17) is 10.5 Å². The highest BCUT2D eigenvalue weighted by molar-refractivity contribution is 4.95. The van der Waals surface area contributed by atoms with Crippen LogP contribution in [0.1, 0.15) is 39.5 Å². The van der Waals surface area contributed by atoms with Gasteiger partial charge in [-0.3, -0.25) is 0 Å². The second-order valence-electron chi connectivity index (χ2n) is 6.36. The zero-order valence-electron chi connectivity index (χ0n) is 11.3. The van der Waals surface area contributed by atoms with E-state index in [9.17, 15) is 0 Å². The third kappa shape index (κ3) is 3.41. The molecule has 1 aliphatic carbocycles. The molecule has 4 heteroatoms. The Kier molecular flexibility index (Phi) is 4.08. The Hall–Kier alpha value is -0.160. The van der Waals surface area contributed by atoms with E-state index in [1.165, 1.54) is 25.7 Å². The highest BCUT2D eigenvalue weighted by Crippen LogP contribution is 2.39. The minimum absolute atomic E-state index is 0.132. The summed E-state index contributed by atoms with van der Waals surface area (Å²) >= 11 is 0. The molecule has 0 atom stereocenters. The monoisotopic (exact) mass is 241 g/mol. The van der Waals surface area contributed by atoms with Crippen LogP contribution < -0.4 is 11.2 Å². The van der Waals surface area contributed by atoms with E-state index >= 15 is 0 Å². The summed E-state index contributed by atoms with van der Waals surface area (Å²) in [5.74, 6) is 0. The molecule has 0 amide bonds. The number of nitrogens with two attached hydrogens (primary N) is 1. The Balaban J connectivity index is 1.91. The minimum Gasteiger partial charge on any atom is -0.379 e. The van der Waals surface area contributed by atoms with Gasteiger partial charge in [-0.05, 0) is 31.1 Å². The molecule has 2 fully saturated rings. The van der Waals surface area contributed by atoms with Gasteiger partial charge >= 0.3 is 0 Å². The first kappa shape index (κ1) is 13.3. The molecule has 1 aliphatic heterocycles. The van der Waals surface area contributed by atoms with Crippen LogP contribution in [0.25, 0.3) is 0 Å². The first-order valence-corrected chi connectivity index (χ1v) is 6.86. The average Bonchev–Trinajstić information content (AvgIpc) is 2.34. The van der Waals surface area contributed by atoms with E-state index in [0.717, 1.165) is 32.8 Å². The fourth-order valence-electron chi connectivity index (χ4n) is 2.78. The summed E-state index contributed by atoms with van der Waals surface area (Å²) in [5.41, 5.74) is 10.3. The zero-order valence-corrected chi connectivity index (χ0v) is 11.3. The van der Waals surface area contributed by atoms with Gasteiger partial charge in [-0.2, -0.15) is 0 Å². The van der Waals surface area contributed by atoms with Crippen LogP contribution >= 0.6 is 0 Å². The van der Waals surface area contributed by atoms with Crippen molar-refractivity contribution in [2.24, 2.45) is 11.1 Å². The highest BCUT2D eigenvalue weighted by atomic mass is 16.5. The predicted molar refractivity (Wildman–Crippen MR) is 69.6 cm³/mol. The summed E-state index contributed by atoms with van der Waals surface area (Å²) in [6, 6.07) is 0. The molecule has 1 saturated carbocycles. The van der Waals surface area contributed by atoms with Crippen LogP contribution in [-0.2, 0) is 4.74 Å². The Morgan fingerprint density at radius 3 is 2.24 bits per heavy atom. The lowest BCUT2D eigenvalue weighted by molar-refractivity contribution is -0.0256. The lowest BCUT2D eigenvalue weighted by Crippen LogP contribution is -2.62. The largest absolute Gasteiger partial charge is 0.379 e. The Labute approximate surface area is 105 Å². The van der Waals surface area contributed by atoms with Crippen LogP contribution in [-0.4, -0.2) is 43.4 Å². The molecule has 3 N–H and O–H groups in total. The van der Waals surface area contributed by atoms with Gasteiger partial charge < -0.3 is 10.5 Å². The molecule has 100 valence electrons. The van der Waals surface area contributed by atoms with E-state index in [2.05, 4.69) is 24.3 Å². The quantitative estimate of drug-likeness (QED) is 0.777. The molecule has 2 rings (SSSR count). The van der Waals surface area contributed by atoms with Gasteiger partial charge in [0.25, 0.3) is 0 Å². The van der Waals surface area contributed by atoms with Crippen molar-refractivity contribution >= 4 is 0 Å². The second-order valence-corrected chi connectivity index (χ2v) is 6.36. The first-order chi connectivity index (χ1) is 8.05. The molecule has 0 radical (unpaired) electrons. The zero-order chi connectivity index (χ0) is 12.4. The van der Waals surface area contributed by atoms with Gasteiger partial charge in [0.05, 0.1) is 13.2 Å². The summed E-state index contributed by atoms with van der Waals surface area (Å²) in [6.45, 7) is 9.08. The Morgan fingerprint density at radius 2 is 1.71 bits per heavy atom. The fourth-order valence-corrected chi connectivity index (χ4v) is 2.78. The lowest BCUT2D eigenvalue weighted by Gasteiger charge is -2.46. The molecule has 0 bridgehead atoms. The standard InChI is InChI=1S/C13H27N3O/c1-12(2)3-5-13(11-14,6-4-12)15-16-7-9-17-10-8-16/h15H,3-11,14H2,1-2H3. The van der Waals surface area contributed by atoms with Gasteiger partial charge in [-0.1, -0.05) is 13.8 Å². The molecular weight excluding hydrogens is 214 g/mol. The van der Waals surface area contributed by atoms with Gasteiger partial charge in [0, 0.05) is 25.2 Å². The van der Waals surface area contributed by atoms with Crippen LogP contribution in [0.15, 0.2) is 0 Å². The highest BCUT2D eigenvalue weighted by Gasteiger charge is 2.38. The van der Waals surface area contributed by atoms with E-state index < -0.39 is 0 Å². The van der Waals surface area contributed by atoms with Crippen molar-refractivity contribution < 1.29 is 4.74 Å². The van der Waals surface area contributed by atoms with Crippen molar-refractivity contribution in [1.82, 2.24) is 10.4 Å². The van der Waals surface area contributed by atoms with Crippen LogP contribution in [0.4, 0.5) is 0 Å². The van der Waals surface area contributed by atoms with Gasteiger partial charge in [-0.25, -0.2) is 10.4 Å². The smallest absolute Gasteiger partial charge is 0.0608 e. The molecule has 2 aliphatic rings. The fraction of sp³-hybridized carbons (Fsp3) is 1.00. The summed E-state index contributed by atoms with van der Waals surface area (Å²) in [4.78, 5) is 0. The topological polar surface area (TPSA) is 50.5 Å². The maximum Gasteiger partial charge on any atom is 0.0608 e. The average molecular weight is 241 g/mol. The normalized spacial score (nSPS) is 29.1. The molecule has 1 heterocycles. The van der Waals surface area contributed by atoms with Crippen molar-refractivity contribution in [2.75, 3.05) is 32.8 Å². The number of rotatable bonds is 3. The van der Waals surface area contributed by atoms with Crippen LogP contribution in [0.3, 0.4) is 0 Å². The van der Waals surface area contributed by atoms with E-state index in [1.54, 1.807) is 0 Å². The molecule has 1 saturated heterocycles. The molecule has 0 unspecified atom stereocenters. The van der Waals surface area contributed by atoms with Gasteiger partial charge in [0.15, 0.2) is 0 Å². The number of hydrogen-bond donors (Lipinski definition) is 2. The van der Waals surface area contributed by atoms with E-state index in [1.807, 2.05) is 0 Å². The Bertz CT molecular complexity index is 239. The van der Waals surface area contributed by atoms with Crippen LogP contribution in [0.2, 0.25) is 0 Å². The number of nitrogens with zero attached hydrogens (tertiary/aromatic N) is 1. The number of hydrazine groups is 1. The van der Waals surface area contributed by atoms with Crippen LogP contribution in [0.5, 0.6) is 0 Å². The summed E-state index contributed by atoms with van der Waals surface area (Å²) in [6.07, 6.45) is 4.91. The second kappa shape index (κ2) is 5.22.